The molecule has 1 heterocycles. The van der Waals surface area contributed by atoms with Crippen LogP contribution in [0.15, 0.2) is 80.7 Å². The van der Waals surface area contributed by atoms with Crippen LogP contribution in [0.3, 0.4) is 0 Å². The third kappa shape index (κ3) is 3.81. The molecule has 1 aromatic heterocycles. The first-order valence-corrected chi connectivity index (χ1v) is 9.82. The number of furan rings is 1. The van der Waals surface area contributed by atoms with Crippen molar-refractivity contribution in [1.29, 1.82) is 0 Å². The lowest BCUT2D eigenvalue weighted by Crippen LogP contribution is -2.26. The predicted molar refractivity (Wildman–Crippen MR) is 103 cm³/mol. The summed E-state index contributed by atoms with van der Waals surface area (Å²) in [4.78, 5) is 12.2. The van der Waals surface area contributed by atoms with E-state index in [9.17, 15) is 13.2 Å². The lowest BCUT2D eigenvalue weighted by atomic mass is 10.3. The Morgan fingerprint density at radius 3 is 2.42 bits per heavy atom. The van der Waals surface area contributed by atoms with Crippen molar-refractivity contribution in [2.45, 2.75) is 4.90 Å². The molecule has 1 amide bonds. The maximum Gasteiger partial charge on any atom is 0.291 e. The Hall–Kier alpha value is -2.58. The highest BCUT2D eigenvalue weighted by atomic mass is 79.9. The number of halogens is 1. The van der Waals surface area contributed by atoms with Crippen molar-refractivity contribution >= 4 is 43.2 Å². The van der Waals surface area contributed by atoms with Crippen LogP contribution in [0.5, 0.6) is 0 Å². The summed E-state index contributed by atoms with van der Waals surface area (Å²) in [5.74, 6) is -0.354. The van der Waals surface area contributed by atoms with Gasteiger partial charge in [0.15, 0.2) is 10.4 Å². The third-order valence-corrected chi connectivity index (χ3v) is 5.87. The number of hydrogen-bond donors (Lipinski definition) is 1. The minimum Gasteiger partial charge on any atom is -0.444 e. The summed E-state index contributed by atoms with van der Waals surface area (Å²) in [7, 11) is -2.28. The van der Waals surface area contributed by atoms with Crippen LogP contribution in [0.2, 0.25) is 0 Å². The molecule has 0 atom stereocenters. The van der Waals surface area contributed by atoms with E-state index in [2.05, 4.69) is 21.2 Å². The van der Waals surface area contributed by atoms with E-state index in [0.29, 0.717) is 16.0 Å². The predicted octanol–water partition coefficient (Wildman–Crippen LogP) is 4.12. The summed E-state index contributed by atoms with van der Waals surface area (Å²) in [6.45, 7) is 0. The Labute approximate surface area is 159 Å². The zero-order valence-electron chi connectivity index (χ0n) is 13.7. The second kappa shape index (κ2) is 7.35. The van der Waals surface area contributed by atoms with Gasteiger partial charge in [0, 0.05) is 12.7 Å². The lowest BCUT2D eigenvalue weighted by molar-refractivity contribution is 0.0995. The van der Waals surface area contributed by atoms with Gasteiger partial charge in [-0.25, -0.2) is 8.42 Å². The standard InChI is InChI=1S/C18H15BrN2O4S/c1-21(14-7-3-2-4-8-14)26(23,24)15-9-5-6-13(12-15)20-18(22)16-10-11-17(19)25-16/h2-12H,1H3,(H,20,22). The number of amides is 1. The van der Waals surface area contributed by atoms with Crippen molar-refractivity contribution in [3.8, 4) is 0 Å². The zero-order valence-corrected chi connectivity index (χ0v) is 16.1. The lowest BCUT2D eigenvalue weighted by Gasteiger charge is -2.19. The third-order valence-electron chi connectivity index (χ3n) is 3.67. The molecule has 134 valence electrons. The number of nitrogens with one attached hydrogen (secondary N) is 1. The fourth-order valence-electron chi connectivity index (χ4n) is 2.30. The molecule has 0 unspecified atom stereocenters. The number of anilines is 2. The molecule has 0 bridgehead atoms. The SMILES string of the molecule is CN(c1ccccc1)S(=O)(=O)c1cccc(NC(=O)c2ccc(Br)o2)c1. The van der Waals surface area contributed by atoms with Gasteiger partial charge in [-0.05, 0) is 58.4 Å². The number of carbonyl (C=O) groups excluding carboxylic acids is 1. The van der Waals surface area contributed by atoms with E-state index < -0.39 is 15.9 Å². The molecule has 2 aromatic carbocycles. The van der Waals surface area contributed by atoms with Gasteiger partial charge in [-0.15, -0.1) is 0 Å². The Kier molecular flexibility index (Phi) is 5.15. The quantitative estimate of drug-likeness (QED) is 0.654. The molecule has 0 saturated heterocycles. The van der Waals surface area contributed by atoms with Crippen LogP contribution >= 0.6 is 15.9 Å². The molecule has 26 heavy (non-hydrogen) atoms. The maximum absolute atomic E-state index is 12.8. The van der Waals surface area contributed by atoms with Crippen LogP contribution in [0.25, 0.3) is 0 Å². The number of hydrogen-bond acceptors (Lipinski definition) is 4. The van der Waals surface area contributed by atoms with Crippen LogP contribution in [0.4, 0.5) is 11.4 Å². The number of nitrogens with zero attached hydrogens (tertiary/aromatic N) is 1. The molecule has 0 saturated carbocycles. The monoisotopic (exact) mass is 434 g/mol. The van der Waals surface area contributed by atoms with Crippen LogP contribution in [0, 0.1) is 0 Å². The Morgan fingerprint density at radius 2 is 1.77 bits per heavy atom. The molecule has 3 rings (SSSR count). The van der Waals surface area contributed by atoms with Gasteiger partial charge in [0.2, 0.25) is 0 Å². The fourth-order valence-corrected chi connectivity index (χ4v) is 3.85. The second-order valence-corrected chi connectivity index (χ2v) is 8.14. The van der Waals surface area contributed by atoms with E-state index in [0.717, 1.165) is 0 Å². The van der Waals surface area contributed by atoms with Crippen molar-refractivity contribution in [2.24, 2.45) is 0 Å². The largest absolute Gasteiger partial charge is 0.444 e. The molecular weight excluding hydrogens is 420 g/mol. The summed E-state index contributed by atoms with van der Waals surface area (Å²) >= 11 is 3.13. The molecule has 0 aliphatic rings. The van der Waals surface area contributed by atoms with Crippen LogP contribution in [-0.4, -0.2) is 21.4 Å². The molecule has 3 aromatic rings. The van der Waals surface area contributed by atoms with E-state index in [1.54, 1.807) is 42.5 Å². The van der Waals surface area contributed by atoms with E-state index >= 15 is 0 Å². The van der Waals surface area contributed by atoms with Gasteiger partial charge >= 0.3 is 0 Å². The van der Waals surface area contributed by atoms with Crippen molar-refractivity contribution in [2.75, 3.05) is 16.7 Å². The van der Waals surface area contributed by atoms with Crippen molar-refractivity contribution in [1.82, 2.24) is 0 Å². The van der Waals surface area contributed by atoms with Crippen LogP contribution in [0.1, 0.15) is 10.6 Å². The molecular formula is C18H15BrN2O4S. The van der Waals surface area contributed by atoms with Crippen molar-refractivity contribution in [3.63, 3.8) is 0 Å². The second-order valence-electron chi connectivity index (χ2n) is 5.39. The van der Waals surface area contributed by atoms with Crippen LogP contribution < -0.4 is 9.62 Å². The van der Waals surface area contributed by atoms with E-state index in [1.807, 2.05) is 6.07 Å². The van der Waals surface area contributed by atoms with Gasteiger partial charge in [-0.3, -0.25) is 9.10 Å². The first-order chi connectivity index (χ1) is 12.4. The highest BCUT2D eigenvalue weighted by Gasteiger charge is 2.22. The summed E-state index contributed by atoms with van der Waals surface area (Å²) in [5.41, 5.74) is 0.896. The van der Waals surface area contributed by atoms with Crippen LogP contribution in [-0.2, 0) is 10.0 Å². The number of sulfonamides is 1. The van der Waals surface area contributed by atoms with Gasteiger partial charge in [0.25, 0.3) is 15.9 Å². The Morgan fingerprint density at radius 1 is 1.04 bits per heavy atom. The van der Waals surface area contributed by atoms with Gasteiger partial charge in [-0.2, -0.15) is 0 Å². The summed E-state index contributed by atoms with van der Waals surface area (Å²) < 4.78 is 32.5. The van der Waals surface area contributed by atoms with E-state index in [4.69, 9.17) is 4.42 Å². The zero-order chi connectivity index (χ0) is 18.7. The number of carbonyl (C=O) groups is 1. The number of para-hydroxylation sites is 1. The number of rotatable bonds is 5. The van der Waals surface area contributed by atoms with Gasteiger partial charge in [-0.1, -0.05) is 24.3 Å². The Bertz CT molecular complexity index is 1030. The number of benzene rings is 2. The van der Waals surface area contributed by atoms with E-state index in [-0.39, 0.29) is 10.7 Å². The average molecular weight is 435 g/mol. The summed E-state index contributed by atoms with van der Waals surface area (Å²) in [6.07, 6.45) is 0. The van der Waals surface area contributed by atoms with Crippen molar-refractivity contribution < 1.29 is 17.6 Å². The summed E-state index contributed by atoms with van der Waals surface area (Å²) in [5, 5.41) is 2.63. The molecule has 0 fully saturated rings. The molecule has 0 spiro atoms. The molecule has 6 nitrogen and oxygen atoms in total. The Balaban J connectivity index is 1.85. The minimum atomic E-state index is -3.76. The average Bonchev–Trinajstić information content (AvgIpc) is 3.08. The van der Waals surface area contributed by atoms with Gasteiger partial charge in [0.05, 0.1) is 10.6 Å². The first-order valence-electron chi connectivity index (χ1n) is 7.58. The summed E-state index contributed by atoms with van der Waals surface area (Å²) in [6, 6.07) is 17.9. The maximum atomic E-state index is 12.8. The topological polar surface area (TPSA) is 79.6 Å². The first kappa shape index (κ1) is 18.2. The molecule has 1 N–H and O–H groups in total. The van der Waals surface area contributed by atoms with Gasteiger partial charge < -0.3 is 9.73 Å². The molecule has 0 aliphatic heterocycles. The molecule has 0 radical (unpaired) electrons. The van der Waals surface area contributed by atoms with Crippen molar-refractivity contribution in [3.05, 3.63) is 77.2 Å². The minimum absolute atomic E-state index is 0.0716. The highest BCUT2D eigenvalue weighted by Crippen LogP contribution is 2.24. The smallest absolute Gasteiger partial charge is 0.291 e. The molecule has 8 heteroatoms. The highest BCUT2D eigenvalue weighted by molar-refractivity contribution is 9.10. The fraction of sp³-hybridized carbons (Fsp3) is 0.0556. The van der Waals surface area contributed by atoms with Gasteiger partial charge in [0.1, 0.15) is 0 Å². The normalized spacial score (nSPS) is 11.2. The molecule has 0 aliphatic carbocycles. The van der Waals surface area contributed by atoms with E-state index in [1.165, 1.54) is 29.6 Å².